The monoisotopic (exact) mass is 359 g/mol. The van der Waals surface area contributed by atoms with Gasteiger partial charge in [-0.25, -0.2) is 12.8 Å². The van der Waals surface area contributed by atoms with Crippen LogP contribution in [0.15, 0.2) is 23.1 Å². The largest absolute Gasteiger partial charge is 0.481 e. The lowest BCUT2D eigenvalue weighted by atomic mass is 9.74. The van der Waals surface area contributed by atoms with Crippen molar-refractivity contribution in [2.24, 2.45) is 5.41 Å². The fraction of sp³-hybridized carbons (Fsp3) is 0.562. The first-order valence-corrected chi connectivity index (χ1v) is 9.27. The summed E-state index contributed by atoms with van der Waals surface area (Å²) in [5.41, 5.74) is -1.21. The van der Waals surface area contributed by atoms with E-state index in [-0.39, 0.29) is 30.8 Å². The molecule has 0 radical (unpaired) electrons. The molecule has 0 bridgehead atoms. The second-order valence-corrected chi connectivity index (χ2v) is 8.20. The Labute approximate surface area is 141 Å². The van der Waals surface area contributed by atoms with Crippen molar-refractivity contribution < 1.29 is 27.8 Å². The molecule has 1 fully saturated rings. The van der Waals surface area contributed by atoms with Crippen LogP contribution >= 0.6 is 0 Å². The van der Waals surface area contributed by atoms with Gasteiger partial charge in [0.05, 0.1) is 11.0 Å². The van der Waals surface area contributed by atoms with Crippen molar-refractivity contribution in [3.63, 3.8) is 0 Å². The smallest absolute Gasteiger partial charge is 0.313 e. The Balaban J connectivity index is 2.40. The van der Waals surface area contributed by atoms with Gasteiger partial charge < -0.3 is 10.2 Å². The normalized spacial score (nSPS) is 25.6. The molecule has 0 spiro atoms. The number of carboxylic acids is 1. The van der Waals surface area contributed by atoms with Crippen LogP contribution in [0.2, 0.25) is 0 Å². The molecular formula is C16H22FNO5S. The molecule has 1 aliphatic heterocycles. The summed E-state index contributed by atoms with van der Waals surface area (Å²) in [5, 5.41) is 19.8. The number of sulfonamides is 1. The summed E-state index contributed by atoms with van der Waals surface area (Å²) in [4.78, 5) is 11.5. The molecule has 0 aromatic heterocycles. The summed E-state index contributed by atoms with van der Waals surface area (Å²) in [6, 6.07) is 3.62. The second-order valence-electron chi connectivity index (χ2n) is 6.27. The van der Waals surface area contributed by atoms with Crippen molar-refractivity contribution >= 4 is 16.0 Å². The van der Waals surface area contributed by atoms with Crippen LogP contribution in [0.4, 0.5) is 4.39 Å². The Morgan fingerprint density at radius 2 is 2.12 bits per heavy atom. The quantitative estimate of drug-likeness (QED) is 0.835. The van der Waals surface area contributed by atoms with Gasteiger partial charge in [0.15, 0.2) is 0 Å². The van der Waals surface area contributed by atoms with Crippen molar-refractivity contribution in [3.8, 4) is 0 Å². The van der Waals surface area contributed by atoms with Crippen LogP contribution in [-0.4, -0.2) is 48.1 Å². The highest BCUT2D eigenvalue weighted by atomic mass is 32.2. The van der Waals surface area contributed by atoms with Crippen molar-refractivity contribution in [1.29, 1.82) is 0 Å². The lowest BCUT2D eigenvalue weighted by Gasteiger charge is -2.42. The van der Waals surface area contributed by atoms with E-state index in [0.717, 1.165) is 10.4 Å². The number of hydrogen-bond donors (Lipinski definition) is 2. The van der Waals surface area contributed by atoms with Crippen molar-refractivity contribution in [1.82, 2.24) is 4.31 Å². The van der Waals surface area contributed by atoms with Crippen molar-refractivity contribution in [2.45, 2.75) is 44.1 Å². The van der Waals surface area contributed by atoms with Crippen LogP contribution in [0.1, 0.15) is 31.7 Å². The van der Waals surface area contributed by atoms with Gasteiger partial charge in [-0.15, -0.1) is 0 Å². The molecule has 1 aromatic rings. The minimum Gasteiger partial charge on any atom is -0.481 e. The standard InChI is InChI=1S/C16H22FNO5S/c1-3-7-16(15(20)21)10-18(8-6-14(16)19)24(22,23)12-5-4-11(2)13(17)9-12/h4-5,9,14,19H,3,6-8,10H2,1-2H3,(H,20,21)/t14-,16-/m0/s1. The lowest BCUT2D eigenvalue weighted by molar-refractivity contribution is -0.161. The molecule has 1 saturated heterocycles. The number of benzene rings is 1. The van der Waals surface area contributed by atoms with E-state index in [1.165, 1.54) is 19.1 Å². The van der Waals surface area contributed by atoms with E-state index >= 15 is 0 Å². The van der Waals surface area contributed by atoms with Crippen molar-refractivity contribution in [3.05, 3.63) is 29.6 Å². The van der Waals surface area contributed by atoms with Crippen LogP contribution < -0.4 is 0 Å². The molecule has 2 N–H and O–H groups in total. The minimum absolute atomic E-state index is 0.00224. The van der Waals surface area contributed by atoms with E-state index in [1.54, 1.807) is 6.92 Å². The molecule has 6 nitrogen and oxygen atoms in total. The van der Waals surface area contributed by atoms with E-state index in [9.17, 15) is 27.8 Å². The highest BCUT2D eigenvalue weighted by molar-refractivity contribution is 7.89. The van der Waals surface area contributed by atoms with Gasteiger partial charge in [-0.1, -0.05) is 19.4 Å². The van der Waals surface area contributed by atoms with Gasteiger partial charge >= 0.3 is 5.97 Å². The second kappa shape index (κ2) is 6.78. The Morgan fingerprint density at radius 1 is 1.46 bits per heavy atom. The lowest BCUT2D eigenvalue weighted by Crippen LogP contribution is -2.57. The van der Waals surface area contributed by atoms with E-state index in [0.29, 0.717) is 12.0 Å². The summed E-state index contributed by atoms with van der Waals surface area (Å²) >= 11 is 0. The molecule has 0 amide bonds. The highest BCUT2D eigenvalue weighted by Gasteiger charge is 2.50. The summed E-state index contributed by atoms with van der Waals surface area (Å²) in [7, 11) is -4.03. The number of carboxylic acid groups (broad SMARTS) is 1. The van der Waals surface area contributed by atoms with Gasteiger partial charge in [-0.05, 0) is 37.5 Å². The summed E-state index contributed by atoms with van der Waals surface area (Å²) in [6.07, 6.45) is -0.426. The van der Waals surface area contributed by atoms with Gasteiger partial charge in [0, 0.05) is 13.1 Å². The third kappa shape index (κ3) is 3.18. The number of aliphatic carboxylic acids is 1. The number of aliphatic hydroxyl groups is 1. The Hall–Kier alpha value is -1.51. The molecule has 134 valence electrons. The summed E-state index contributed by atoms with van der Waals surface area (Å²) in [5.74, 6) is -1.85. The average Bonchev–Trinajstić information content (AvgIpc) is 2.51. The van der Waals surface area contributed by atoms with Crippen LogP contribution in [0, 0.1) is 18.2 Å². The van der Waals surface area contributed by atoms with Gasteiger partial charge in [-0.3, -0.25) is 4.79 Å². The molecule has 1 heterocycles. The molecule has 0 saturated carbocycles. The number of halogens is 1. The molecule has 1 aromatic carbocycles. The third-order valence-corrected chi connectivity index (χ3v) is 6.49. The first-order chi connectivity index (χ1) is 11.1. The van der Waals surface area contributed by atoms with Crippen LogP contribution in [0.5, 0.6) is 0 Å². The zero-order chi connectivity index (χ0) is 18.1. The Kier molecular flexibility index (Phi) is 5.31. The van der Waals surface area contributed by atoms with Gasteiger partial charge in [-0.2, -0.15) is 4.31 Å². The highest BCUT2D eigenvalue weighted by Crippen LogP contribution is 2.37. The predicted octanol–water partition coefficient (Wildman–Crippen LogP) is 1.76. The maximum Gasteiger partial charge on any atom is 0.313 e. The predicted molar refractivity (Wildman–Crippen MR) is 85.5 cm³/mol. The summed E-state index contributed by atoms with van der Waals surface area (Å²) in [6.45, 7) is 2.98. The zero-order valence-corrected chi connectivity index (χ0v) is 14.5. The maximum atomic E-state index is 13.7. The summed E-state index contributed by atoms with van der Waals surface area (Å²) < 4.78 is 40.3. The number of aliphatic hydroxyl groups excluding tert-OH is 1. The molecule has 2 rings (SSSR count). The van der Waals surface area contributed by atoms with E-state index in [4.69, 9.17) is 0 Å². The number of aryl methyl sites for hydroxylation is 1. The van der Waals surface area contributed by atoms with Crippen LogP contribution in [0.3, 0.4) is 0 Å². The third-order valence-electron chi connectivity index (χ3n) is 4.65. The fourth-order valence-corrected chi connectivity index (χ4v) is 4.68. The van der Waals surface area contributed by atoms with Gasteiger partial charge in [0.2, 0.25) is 10.0 Å². The first kappa shape index (κ1) is 18.8. The number of hydrogen-bond acceptors (Lipinski definition) is 4. The number of rotatable bonds is 5. The van der Waals surface area contributed by atoms with Crippen LogP contribution in [0.25, 0.3) is 0 Å². The van der Waals surface area contributed by atoms with Crippen molar-refractivity contribution in [2.75, 3.05) is 13.1 Å². The topological polar surface area (TPSA) is 94.9 Å². The van der Waals surface area contributed by atoms with Gasteiger partial charge in [0.25, 0.3) is 0 Å². The number of piperidine rings is 1. The zero-order valence-electron chi connectivity index (χ0n) is 13.7. The maximum absolute atomic E-state index is 13.7. The average molecular weight is 359 g/mol. The van der Waals surface area contributed by atoms with Crippen LogP contribution in [-0.2, 0) is 14.8 Å². The number of carbonyl (C=O) groups is 1. The van der Waals surface area contributed by atoms with Gasteiger partial charge in [0.1, 0.15) is 11.2 Å². The van der Waals surface area contributed by atoms with E-state index in [2.05, 4.69) is 0 Å². The molecule has 0 unspecified atom stereocenters. The molecule has 0 aliphatic carbocycles. The molecular weight excluding hydrogens is 337 g/mol. The van der Waals surface area contributed by atoms with E-state index in [1.807, 2.05) is 0 Å². The minimum atomic E-state index is -4.03. The molecule has 8 heteroatoms. The first-order valence-electron chi connectivity index (χ1n) is 7.83. The SMILES string of the molecule is CCC[C@]1(C(=O)O)CN(S(=O)(=O)c2ccc(C)c(F)c2)CC[C@@H]1O. The molecule has 2 atom stereocenters. The molecule has 24 heavy (non-hydrogen) atoms. The fourth-order valence-electron chi connectivity index (χ4n) is 3.14. The van der Waals surface area contributed by atoms with E-state index < -0.39 is 33.3 Å². The molecule has 1 aliphatic rings. The Bertz CT molecular complexity index is 736. The number of nitrogens with zero attached hydrogens (tertiary/aromatic N) is 1. The Morgan fingerprint density at radius 3 is 2.67 bits per heavy atom.